The molecule has 3 rings (SSSR count). The van der Waals surface area contributed by atoms with Crippen molar-refractivity contribution in [2.75, 3.05) is 29.6 Å². The zero-order valence-corrected chi connectivity index (χ0v) is 13.0. The topological polar surface area (TPSA) is 23.6 Å². The highest BCUT2D eigenvalue weighted by Crippen LogP contribution is 2.41. The monoisotopic (exact) mass is 298 g/mol. The molecule has 0 aliphatic carbocycles. The SMILES string of the molecule is CN(C)c1ccc(N2C(=O)CSC2c2ccccc2)cc1. The summed E-state index contributed by atoms with van der Waals surface area (Å²) in [6.45, 7) is 0. The molecule has 1 atom stereocenters. The third kappa shape index (κ3) is 2.76. The molecule has 3 nitrogen and oxygen atoms in total. The van der Waals surface area contributed by atoms with Gasteiger partial charge in [-0.2, -0.15) is 0 Å². The highest BCUT2D eigenvalue weighted by Gasteiger charge is 2.33. The number of hydrogen-bond acceptors (Lipinski definition) is 3. The van der Waals surface area contributed by atoms with Gasteiger partial charge in [-0.3, -0.25) is 9.69 Å². The molecule has 1 amide bonds. The molecule has 2 aromatic carbocycles. The maximum atomic E-state index is 12.3. The molecule has 1 heterocycles. The highest BCUT2D eigenvalue weighted by molar-refractivity contribution is 8.00. The highest BCUT2D eigenvalue weighted by atomic mass is 32.2. The molecule has 0 saturated carbocycles. The van der Waals surface area contributed by atoms with Gasteiger partial charge in [0.1, 0.15) is 5.37 Å². The van der Waals surface area contributed by atoms with Crippen LogP contribution in [0.2, 0.25) is 0 Å². The van der Waals surface area contributed by atoms with Gasteiger partial charge in [0.25, 0.3) is 0 Å². The minimum Gasteiger partial charge on any atom is -0.378 e. The van der Waals surface area contributed by atoms with Gasteiger partial charge in [-0.25, -0.2) is 0 Å². The van der Waals surface area contributed by atoms with Crippen LogP contribution in [0.15, 0.2) is 54.6 Å². The molecule has 0 radical (unpaired) electrons. The number of amides is 1. The van der Waals surface area contributed by atoms with E-state index in [0.29, 0.717) is 5.75 Å². The second-order valence-electron chi connectivity index (χ2n) is 5.25. The molecule has 0 aromatic heterocycles. The predicted octanol–water partition coefficient (Wildman–Crippen LogP) is 3.53. The second kappa shape index (κ2) is 5.82. The molecule has 1 aliphatic heterocycles. The van der Waals surface area contributed by atoms with E-state index in [9.17, 15) is 4.79 Å². The summed E-state index contributed by atoms with van der Waals surface area (Å²) in [4.78, 5) is 16.2. The van der Waals surface area contributed by atoms with Gasteiger partial charge in [0.2, 0.25) is 5.91 Å². The minimum absolute atomic E-state index is 0.0731. The Kier molecular flexibility index (Phi) is 3.88. The van der Waals surface area contributed by atoms with Crippen molar-refractivity contribution in [2.45, 2.75) is 5.37 Å². The van der Waals surface area contributed by atoms with Crippen LogP contribution in [0, 0.1) is 0 Å². The van der Waals surface area contributed by atoms with Crippen LogP contribution >= 0.6 is 11.8 Å². The molecular formula is C17H18N2OS. The van der Waals surface area contributed by atoms with Crippen LogP contribution in [0.4, 0.5) is 11.4 Å². The van der Waals surface area contributed by atoms with Gasteiger partial charge < -0.3 is 4.90 Å². The summed E-state index contributed by atoms with van der Waals surface area (Å²) in [5.41, 5.74) is 3.27. The van der Waals surface area contributed by atoms with E-state index in [0.717, 1.165) is 11.4 Å². The summed E-state index contributed by atoms with van der Waals surface area (Å²) in [7, 11) is 4.03. The van der Waals surface area contributed by atoms with E-state index < -0.39 is 0 Å². The molecule has 1 saturated heterocycles. The van der Waals surface area contributed by atoms with Crippen molar-refractivity contribution < 1.29 is 4.79 Å². The first-order valence-electron chi connectivity index (χ1n) is 6.93. The first-order valence-corrected chi connectivity index (χ1v) is 7.97. The van der Waals surface area contributed by atoms with Crippen molar-refractivity contribution in [3.05, 3.63) is 60.2 Å². The summed E-state index contributed by atoms with van der Waals surface area (Å²) in [5.74, 6) is 0.709. The molecule has 0 bridgehead atoms. The van der Waals surface area contributed by atoms with Gasteiger partial charge >= 0.3 is 0 Å². The molecule has 4 heteroatoms. The fourth-order valence-electron chi connectivity index (χ4n) is 2.48. The molecule has 1 fully saturated rings. The maximum Gasteiger partial charge on any atom is 0.238 e. The largest absolute Gasteiger partial charge is 0.378 e. The van der Waals surface area contributed by atoms with Gasteiger partial charge in [-0.15, -0.1) is 11.8 Å². The minimum atomic E-state index is 0.0731. The van der Waals surface area contributed by atoms with Gasteiger partial charge in [-0.05, 0) is 29.8 Å². The zero-order valence-electron chi connectivity index (χ0n) is 12.2. The van der Waals surface area contributed by atoms with E-state index in [-0.39, 0.29) is 11.3 Å². The fourth-order valence-corrected chi connectivity index (χ4v) is 3.66. The number of benzene rings is 2. The van der Waals surface area contributed by atoms with Gasteiger partial charge in [0.05, 0.1) is 5.75 Å². The Morgan fingerprint density at radius 1 is 1.05 bits per heavy atom. The summed E-state index contributed by atoms with van der Waals surface area (Å²) in [6.07, 6.45) is 0. The Balaban J connectivity index is 1.92. The molecular weight excluding hydrogens is 280 g/mol. The molecule has 2 aromatic rings. The average molecular weight is 298 g/mol. The lowest BCUT2D eigenvalue weighted by Gasteiger charge is -2.25. The zero-order chi connectivity index (χ0) is 14.8. The van der Waals surface area contributed by atoms with Crippen LogP contribution in [-0.4, -0.2) is 25.8 Å². The van der Waals surface area contributed by atoms with Crippen molar-refractivity contribution >= 4 is 29.0 Å². The van der Waals surface area contributed by atoms with Crippen LogP contribution in [0.1, 0.15) is 10.9 Å². The maximum absolute atomic E-state index is 12.3. The molecule has 108 valence electrons. The average Bonchev–Trinajstić information content (AvgIpc) is 2.90. The molecule has 1 aliphatic rings. The Bertz CT molecular complexity index is 625. The van der Waals surface area contributed by atoms with E-state index in [1.807, 2.05) is 61.5 Å². The van der Waals surface area contributed by atoms with E-state index >= 15 is 0 Å². The van der Waals surface area contributed by atoms with Gasteiger partial charge in [0, 0.05) is 25.5 Å². The smallest absolute Gasteiger partial charge is 0.238 e. The Morgan fingerprint density at radius 3 is 2.33 bits per heavy atom. The predicted molar refractivity (Wildman–Crippen MR) is 89.9 cm³/mol. The normalized spacial score (nSPS) is 18.1. The van der Waals surface area contributed by atoms with Crippen LogP contribution < -0.4 is 9.80 Å². The Morgan fingerprint density at radius 2 is 1.71 bits per heavy atom. The van der Waals surface area contributed by atoms with Crippen LogP contribution in [0.3, 0.4) is 0 Å². The lowest BCUT2D eigenvalue weighted by Crippen LogP contribution is -2.27. The van der Waals surface area contributed by atoms with E-state index in [1.165, 1.54) is 5.56 Å². The second-order valence-corrected chi connectivity index (χ2v) is 6.32. The third-order valence-electron chi connectivity index (χ3n) is 3.60. The number of anilines is 2. The summed E-state index contributed by atoms with van der Waals surface area (Å²) >= 11 is 1.68. The van der Waals surface area contributed by atoms with Gasteiger partial charge in [-0.1, -0.05) is 30.3 Å². The summed E-state index contributed by atoms with van der Waals surface area (Å²) in [5, 5.41) is 0.0731. The molecule has 21 heavy (non-hydrogen) atoms. The van der Waals surface area contributed by atoms with Crippen molar-refractivity contribution in [2.24, 2.45) is 0 Å². The molecule has 0 spiro atoms. The quantitative estimate of drug-likeness (QED) is 0.866. The molecule has 0 N–H and O–H groups in total. The first kappa shape index (κ1) is 14.0. The first-order chi connectivity index (χ1) is 10.2. The summed E-state index contributed by atoms with van der Waals surface area (Å²) in [6, 6.07) is 18.3. The van der Waals surface area contributed by atoms with E-state index in [2.05, 4.69) is 17.0 Å². The van der Waals surface area contributed by atoms with E-state index in [1.54, 1.807) is 11.8 Å². The van der Waals surface area contributed by atoms with Crippen LogP contribution in [0.5, 0.6) is 0 Å². The number of thioether (sulfide) groups is 1. The number of carbonyl (C=O) groups is 1. The van der Waals surface area contributed by atoms with Crippen molar-refractivity contribution in [3.63, 3.8) is 0 Å². The van der Waals surface area contributed by atoms with E-state index in [4.69, 9.17) is 0 Å². The fraction of sp³-hybridized carbons (Fsp3) is 0.235. The summed E-state index contributed by atoms with van der Waals surface area (Å²) < 4.78 is 0. The Hall–Kier alpha value is -1.94. The van der Waals surface area contributed by atoms with Crippen molar-refractivity contribution in [1.82, 2.24) is 0 Å². The number of carbonyl (C=O) groups excluding carboxylic acids is 1. The number of rotatable bonds is 3. The lowest BCUT2D eigenvalue weighted by atomic mass is 10.2. The van der Waals surface area contributed by atoms with Crippen molar-refractivity contribution in [1.29, 1.82) is 0 Å². The Labute approximate surface area is 129 Å². The third-order valence-corrected chi connectivity index (χ3v) is 4.81. The van der Waals surface area contributed by atoms with Crippen LogP contribution in [-0.2, 0) is 4.79 Å². The van der Waals surface area contributed by atoms with Crippen molar-refractivity contribution in [3.8, 4) is 0 Å². The van der Waals surface area contributed by atoms with Crippen LogP contribution in [0.25, 0.3) is 0 Å². The number of hydrogen-bond donors (Lipinski definition) is 0. The molecule has 1 unspecified atom stereocenters. The standard InChI is InChI=1S/C17H18N2OS/c1-18(2)14-8-10-15(11-9-14)19-16(20)12-21-17(19)13-6-4-3-5-7-13/h3-11,17H,12H2,1-2H3. The van der Waals surface area contributed by atoms with Gasteiger partial charge in [0.15, 0.2) is 0 Å². The lowest BCUT2D eigenvalue weighted by molar-refractivity contribution is -0.115. The number of nitrogens with zero attached hydrogens (tertiary/aromatic N) is 2.